The van der Waals surface area contributed by atoms with Gasteiger partial charge >= 0.3 is 6.03 Å². The molecule has 0 aromatic heterocycles. The Morgan fingerprint density at radius 3 is 2.90 bits per heavy atom. The second kappa shape index (κ2) is 10.6. The molecule has 0 saturated carbocycles. The van der Waals surface area contributed by atoms with Crippen molar-refractivity contribution in [3.8, 4) is 5.75 Å². The Bertz CT molecular complexity index is 730. The summed E-state index contributed by atoms with van der Waals surface area (Å²) in [6.07, 6.45) is 0.245. The monoisotopic (exact) mass is 421 g/mol. The SMILES string of the molecule is CCNC(=O)C[C@@H]1CC[C@H]2[C@@H](COC[C@@H](O)CN2C(=O)Nc2cccc(OC)c2)O1. The topological polar surface area (TPSA) is 109 Å². The summed E-state index contributed by atoms with van der Waals surface area (Å²) in [6.45, 7) is 2.98. The molecule has 3 rings (SSSR count). The number of hydrogen-bond donors (Lipinski definition) is 3. The second-order valence-electron chi connectivity index (χ2n) is 7.60. The summed E-state index contributed by atoms with van der Waals surface area (Å²) >= 11 is 0. The van der Waals surface area contributed by atoms with Crippen molar-refractivity contribution >= 4 is 17.6 Å². The van der Waals surface area contributed by atoms with Crippen LogP contribution in [0.4, 0.5) is 10.5 Å². The van der Waals surface area contributed by atoms with Crippen LogP contribution < -0.4 is 15.4 Å². The van der Waals surface area contributed by atoms with Gasteiger partial charge < -0.3 is 34.9 Å². The van der Waals surface area contributed by atoms with E-state index in [9.17, 15) is 14.7 Å². The molecule has 0 radical (unpaired) electrons. The highest BCUT2D eigenvalue weighted by molar-refractivity contribution is 5.89. The van der Waals surface area contributed by atoms with E-state index in [0.717, 1.165) is 0 Å². The van der Waals surface area contributed by atoms with Crippen LogP contribution in [0.2, 0.25) is 0 Å². The summed E-state index contributed by atoms with van der Waals surface area (Å²) in [5, 5.41) is 15.9. The number of anilines is 1. The van der Waals surface area contributed by atoms with E-state index in [1.54, 1.807) is 36.3 Å². The van der Waals surface area contributed by atoms with E-state index in [0.29, 0.717) is 30.8 Å². The molecule has 4 atom stereocenters. The highest BCUT2D eigenvalue weighted by Gasteiger charge is 2.40. The van der Waals surface area contributed by atoms with Gasteiger partial charge in [0, 0.05) is 18.3 Å². The first kappa shape index (κ1) is 22.3. The Balaban J connectivity index is 1.70. The molecule has 2 fully saturated rings. The quantitative estimate of drug-likeness (QED) is 0.662. The van der Waals surface area contributed by atoms with Gasteiger partial charge in [0.05, 0.1) is 51.5 Å². The minimum Gasteiger partial charge on any atom is -0.497 e. The predicted molar refractivity (Wildman–Crippen MR) is 111 cm³/mol. The van der Waals surface area contributed by atoms with E-state index < -0.39 is 6.10 Å². The Morgan fingerprint density at radius 2 is 2.13 bits per heavy atom. The largest absolute Gasteiger partial charge is 0.497 e. The summed E-state index contributed by atoms with van der Waals surface area (Å²) in [6, 6.07) is 6.54. The van der Waals surface area contributed by atoms with Crippen molar-refractivity contribution in [2.75, 3.05) is 38.7 Å². The lowest BCUT2D eigenvalue weighted by molar-refractivity contribution is -0.149. The molecular weight excluding hydrogens is 390 g/mol. The average Bonchev–Trinajstić information content (AvgIpc) is 2.71. The number of urea groups is 1. The first-order chi connectivity index (χ1) is 14.5. The van der Waals surface area contributed by atoms with Crippen molar-refractivity contribution in [2.45, 2.75) is 50.5 Å². The van der Waals surface area contributed by atoms with Crippen molar-refractivity contribution < 1.29 is 28.9 Å². The summed E-state index contributed by atoms with van der Waals surface area (Å²) in [7, 11) is 1.57. The van der Waals surface area contributed by atoms with Gasteiger partial charge in [0.15, 0.2) is 0 Å². The molecule has 9 heteroatoms. The van der Waals surface area contributed by atoms with E-state index in [-0.39, 0.29) is 56.4 Å². The lowest BCUT2D eigenvalue weighted by Crippen LogP contribution is -2.58. The molecular formula is C21H31N3O6. The van der Waals surface area contributed by atoms with E-state index >= 15 is 0 Å². The number of carbonyl (C=O) groups excluding carboxylic acids is 2. The van der Waals surface area contributed by atoms with Crippen LogP contribution in [0, 0.1) is 0 Å². The Labute approximate surface area is 176 Å². The molecule has 30 heavy (non-hydrogen) atoms. The van der Waals surface area contributed by atoms with Gasteiger partial charge in [-0.25, -0.2) is 4.79 Å². The maximum Gasteiger partial charge on any atom is 0.322 e. The number of β-amino-alcohol motifs (C(OH)–C–C–N with tert-alkyl or cyclic N) is 1. The van der Waals surface area contributed by atoms with Crippen LogP contribution in [0.1, 0.15) is 26.2 Å². The van der Waals surface area contributed by atoms with Gasteiger partial charge in [-0.15, -0.1) is 0 Å². The van der Waals surface area contributed by atoms with Crippen molar-refractivity contribution in [3.05, 3.63) is 24.3 Å². The lowest BCUT2D eigenvalue weighted by atomic mass is 9.95. The number of nitrogens with zero attached hydrogens (tertiary/aromatic N) is 1. The van der Waals surface area contributed by atoms with Crippen LogP contribution in [0.25, 0.3) is 0 Å². The van der Waals surface area contributed by atoms with Gasteiger partial charge in [0.2, 0.25) is 5.91 Å². The minimum absolute atomic E-state index is 0.0456. The normalized spacial score (nSPS) is 26.7. The fraction of sp³-hybridized carbons (Fsp3) is 0.619. The highest BCUT2D eigenvalue weighted by Crippen LogP contribution is 2.28. The Kier molecular flexibility index (Phi) is 7.89. The third-order valence-electron chi connectivity index (χ3n) is 5.35. The smallest absolute Gasteiger partial charge is 0.322 e. The zero-order valence-corrected chi connectivity index (χ0v) is 17.5. The van der Waals surface area contributed by atoms with Crippen LogP contribution in [0.3, 0.4) is 0 Å². The first-order valence-electron chi connectivity index (χ1n) is 10.4. The maximum absolute atomic E-state index is 13.1. The molecule has 0 unspecified atom stereocenters. The van der Waals surface area contributed by atoms with Crippen LogP contribution >= 0.6 is 0 Å². The van der Waals surface area contributed by atoms with Crippen molar-refractivity contribution in [1.29, 1.82) is 0 Å². The molecule has 2 heterocycles. The summed E-state index contributed by atoms with van der Waals surface area (Å²) in [5.74, 6) is 0.594. The van der Waals surface area contributed by atoms with E-state index in [4.69, 9.17) is 14.2 Å². The predicted octanol–water partition coefficient (Wildman–Crippen LogP) is 1.36. The number of amides is 3. The summed E-state index contributed by atoms with van der Waals surface area (Å²) in [5.41, 5.74) is 0.606. The molecule has 0 spiro atoms. The van der Waals surface area contributed by atoms with Gasteiger partial charge in [-0.05, 0) is 31.9 Å². The standard InChI is InChI=1S/C21H31N3O6/c1-3-22-20(26)10-17-7-8-18-19(30-17)13-29-12-15(25)11-24(18)21(27)23-14-5-4-6-16(9-14)28-2/h4-6,9,15,17-19,25H,3,7-8,10-13H2,1-2H3,(H,22,26)(H,23,27)/t15-,17-,18-,19+/m0/s1. The molecule has 2 aliphatic heterocycles. The lowest BCUT2D eigenvalue weighted by Gasteiger charge is -2.44. The zero-order valence-electron chi connectivity index (χ0n) is 17.5. The third kappa shape index (κ3) is 5.84. The number of rotatable bonds is 5. The van der Waals surface area contributed by atoms with E-state index in [1.165, 1.54) is 0 Å². The molecule has 2 aliphatic rings. The van der Waals surface area contributed by atoms with Crippen molar-refractivity contribution in [2.24, 2.45) is 0 Å². The van der Waals surface area contributed by atoms with Gasteiger partial charge in [-0.2, -0.15) is 0 Å². The van der Waals surface area contributed by atoms with Crippen LogP contribution in [0.5, 0.6) is 5.75 Å². The van der Waals surface area contributed by atoms with Gasteiger partial charge in [0.1, 0.15) is 11.9 Å². The molecule has 3 N–H and O–H groups in total. The van der Waals surface area contributed by atoms with Crippen molar-refractivity contribution in [1.82, 2.24) is 10.2 Å². The number of ether oxygens (including phenoxy) is 3. The van der Waals surface area contributed by atoms with E-state index in [2.05, 4.69) is 10.6 Å². The Morgan fingerprint density at radius 1 is 1.30 bits per heavy atom. The third-order valence-corrected chi connectivity index (χ3v) is 5.35. The minimum atomic E-state index is -0.782. The number of aliphatic hydroxyl groups is 1. The molecule has 1 aromatic rings. The fourth-order valence-electron chi connectivity index (χ4n) is 3.95. The molecule has 3 amide bonds. The maximum atomic E-state index is 13.1. The molecule has 166 valence electrons. The molecule has 9 nitrogen and oxygen atoms in total. The summed E-state index contributed by atoms with van der Waals surface area (Å²) in [4.78, 5) is 26.6. The number of nitrogens with one attached hydrogen (secondary N) is 2. The molecule has 1 aromatic carbocycles. The van der Waals surface area contributed by atoms with Crippen LogP contribution in [-0.2, 0) is 14.3 Å². The van der Waals surface area contributed by atoms with Crippen LogP contribution in [0.15, 0.2) is 24.3 Å². The number of methoxy groups -OCH3 is 1. The summed E-state index contributed by atoms with van der Waals surface area (Å²) < 4.78 is 16.9. The number of carbonyl (C=O) groups is 2. The second-order valence-corrected chi connectivity index (χ2v) is 7.60. The first-order valence-corrected chi connectivity index (χ1v) is 10.4. The number of fused-ring (bicyclic) bond motifs is 1. The fourth-order valence-corrected chi connectivity index (χ4v) is 3.95. The average molecular weight is 421 g/mol. The number of hydrogen-bond acceptors (Lipinski definition) is 6. The van der Waals surface area contributed by atoms with E-state index in [1.807, 2.05) is 6.92 Å². The van der Waals surface area contributed by atoms with Gasteiger partial charge in [-0.3, -0.25) is 4.79 Å². The number of benzene rings is 1. The molecule has 0 aliphatic carbocycles. The highest BCUT2D eigenvalue weighted by atomic mass is 16.5. The molecule has 0 bridgehead atoms. The van der Waals surface area contributed by atoms with Gasteiger partial charge in [0.25, 0.3) is 0 Å². The zero-order chi connectivity index (χ0) is 21.5. The van der Waals surface area contributed by atoms with Gasteiger partial charge in [-0.1, -0.05) is 6.07 Å². The van der Waals surface area contributed by atoms with Crippen LogP contribution in [-0.4, -0.2) is 79.7 Å². The molecule has 2 saturated heterocycles. The Hall–Kier alpha value is -2.36. The number of aliphatic hydroxyl groups excluding tert-OH is 1. The van der Waals surface area contributed by atoms with Crippen molar-refractivity contribution in [3.63, 3.8) is 0 Å².